The molecule has 1 aromatic heterocycles. The summed E-state index contributed by atoms with van der Waals surface area (Å²) in [4.78, 5) is 23.4. The summed E-state index contributed by atoms with van der Waals surface area (Å²) in [6, 6.07) is 8.08. The van der Waals surface area contributed by atoms with Gasteiger partial charge in [0.2, 0.25) is 5.91 Å². The van der Waals surface area contributed by atoms with Crippen molar-refractivity contribution < 1.29 is 31.9 Å². The number of hydrogen-bond donors (Lipinski definition) is 2. The van der Waals surface area contributed by atoms with Gasteiger partial charge in [-0.1, -0.05) is 24.3 Å². The molecule has 2 amide bonds. The summed E-state index contributed by atoms with van der Waals surface area (Å²) in [7, 11) is 0. The zero-order valence-electron chi connectivity index (χ0n) is 13.6. The van der Waals surface area contributed by atoms with Gasteiger partial charge in [0.1, 0.15) is 12.9 Å². The number of furan rings is 1. The lowest BCUT2D eigenvalue weighted by molar-refractivity contribution is -0.176. The summed E-state index contributed by atoms with van der Waals surface area (Å²) in [5.74, 6) is -0.795. The Morgan fingerprint density at radius 3 is 2.35 bits per heavy atom. The summed E-state index contributed by atoms with van der Waals surface area (Å²) >= 11 is 0. The Morgan fingerprint density at radius 2 is 1.73 bits per heavy atom. The zero-order valence-corrected chi connectivity index (χ0v) is 13.6. The first kappa shape index (κ1) is 19.5. The fraction of sp³-hybridized carbons (Fsp3) is 0.294. The van der Waals surface area contributed by atoms with Crippen LogP contribution in [0.3, 0.4) is 0 Å². The molecule has 9 heteroatoms. The van der Waals surface area contributed by atoms with Gasteiger partial charge in [-0.3, -0.25) is 9.59 Å². The molecule has 2 rings (SSSR count). The van der Waals surface area contributed by atoms with Crippen molar-refractivity contribution in [3.05, 3.63) is 59.5 Å². The fourth-order valence-corrected chi connectivity index (χ4v) is 1.96. The summed E-state index contributed by atoms with van der Waals surface area (Å²) in [6.07, 6.45) is -1.72. The average molecular weight is 370 g/mol. The molecule has 140 valence electrons. The van der Waals surface area contributed by atoms with Crippen molar-refractivity contribution in [2.24, 2.45) is 0 Å². The van der Waals surface area contributed by atoms with Crippen LogP contribution in [-0.4, -0.2) is 31.1 Å². The molecule has 0 atom stereocenters. The quantitative estimate of drug-likeness (QED) is 0.748. The second-order valence-electron chi connectivity index (χ2n) is 5.40. The Bertz CT molecular complexity index is 713. The molecular weight excluding hydrogens is 353 g/mol. The maximum Gasteiger partial charge on any atom is 0.411 e. The van der Waals surface area contributed by atoms with Crippen LogP contribution in [0.4, 0.5) is 13.2 Å². The Labute approximate surface area is 147 Å². The Balaban J connectivity index is 1.68. The van der Waals surface area contributed by atoms with Crippen LogP contribution in [0.1, 0.15) is 21.5 Å². The molecule has 1 heterocycles. The lowest BCUT2D eigenvalue weighted by Crippen LogP contribution is -2.36. The Kier molecular flexibility index (Phi) is 6.79. The van der Waals surface area contributed by atoms with Gasteiger partial charge in [0, 0.05) is 6.54 Å². The lowest BCUT2D eigenvalue weighted by atomic mass is 10.1. The molecule has 0 saturated carbocycles. The van der Waals surface area contributed by atoms with Crippen LogP contribution in [0.5, 0.6) is 0 Å². The molecule has 0 spiro atoms. The molecule has 0 aliphatic carbocycles. The molecule has 2 aromatic rings. The molecule has 6 nitrogen and oxygen atoms in total. The van der Waals surface area contributed by atoms with Gasteiger partial charge in [-0.25, -0.2) is 0 Å². The number of carbonyl (C=O) groups excluding carboxylic acids is 2. The predicted octanol–water partition coefficient (Wildman–Crippen LogP) is 2.40. The second-order valence-corrected chi connectivity index (χ2v) is 5.40. The van der Waals surface area contributed by atoms with E-state index in [0.717, 1.165) is 5.56 Å². The molecule has 1 aromatic carbocycles. The largest absolute Gasteiger partial charge is 0.472 e. The molecule has 0 fully saturated rings. The minimum absolute atomic E-state index is 0.147. The third kappa shape index (κ3) is 6.98. The van der Waals surface area contributed by atoms with Crippen LogP contribution in [0.15, 0.2) is 47.3 Å². The maximum atomic E-state index is 12.0. The smallest absolute Gasteiger partial charge is 0.411 e. The topological polar surface area (TPSA) is 80.6 Å². The molecule has 0 saturated heterocycles. The lowest BCUT2D eigenvalue weighted by Gasteiger charge is -2.09. The number of nitrogens with one attached hydrogen (secondary N) is 2. The van der Waals surface area contributed by atoms with E-state index in [2.05, 4.69) is 15.4 Å². The number of halogens is 3. The van der Waals surface area contributed by atoms with E-state index in [1.54, 1.807) is 24.3 Å². The van der Waals surface area contributed by atoms with Gasteiger partial charge < -0.3 is 19.8 Å². The van der Waals surface area contributed by atoms with Crippen molar-refractivity contribution in [1.82, 2.24) is 10.6 Å². The van der Waals surface area contributed by atoms with Gasteiger partial charge in [-0.15, -0.1) is 0 Å². The van der Waals surface area contributed by atoms with Crippen LogP contribution < -0.4 is 10.6 Å². The standard InChI is InChI=1S/C17H17F3N2O4/c18-17(19,20)11-26-9-13-3-1-12(2-4-13)7-21-15(23)8-22-16(24)14-5-6-25-10-14/h1-6,10H,7-9,11H2,(H,21,23)(H,22,24). The van der Waals surface area contributed by atoms with E-state index in [4.69, 9.17) is 4.42 Å². The number of alkyl halides is 3. The van der Waals surface area contributed by atoms with Gasteiger partial charge in [-0.05, 0) is 17.2 Å². The molecule has 0 radical (unpaired) electrons. The van der Waals surface area contributed by atoms with Gasteiger partial charge >= 0.3 is 6.18 Å². The number of amides is 2. The number of benzene rings is 1. The highest BCUT2D eigenvalue weighted by Crippen LogP contribution is 2.15. The molecule has 0 bridgehead atoms. The fourth-order valence-electron chi connectivity index (χ4n) is 1.96. The number of hydrogen-bond acceptors (Lipinski definition) is 4. The van der Waals surface area contributed by atoms with Crippen LogP contribution in [0.25, 0.3) is 0 Å². The zero-order chi connectivity index (χ0) is 19.0. The number of rotatable bonds is 8. The average Bonchev–Trinajstić information content (AvgIpc) is 3.12. The number of ether oxygens (including phenoxy) is 1. The number of carbonyl (C=O) groups is 2. The normalized spacial score (nSPS) is 11.2. The summed E-state index contributed by atoms with van der Waals surface area (Å²) in [5.41, 5.74) is 1.68. The third-order valence-corrected chi connectivity index (χ3v) is 3.24. The Morgan fingerprint density at radius 1 is 1.04 bits per heavy atom. The van der Waals surface area contributed by atoms with E-state index >= 15 is 0 Å². The monoisotopic (exact) mass is 370 g/mol. The highest BCUT2D eigenvalue weighted by molar-refractivity contribution is 5.96. The molecule has 0 aliphatic rings. The molecule has 26 heavy (non-hydrogen) atoms. The van der Waals surface area contributed by atoms with Crippen LogP contribution in [0, 0.1) is 0 Å². The van der Waals surface area contributed by atoms with Gasteiger partial charge in [0.25, 0.3) is 5.91 Å². The van der Waals surface area contributed by atoms with Crippen LogP contribution in [0.2, 0.25) is 0 Å². The molecular formula is C17H17F3N2O4. The van der Waals surface area contributed by atoms with Crippen molar-refractivity contribution in [1.29, 1.82) is 0 Å². The SMILES string of the molecule is O=C(CNC(=O)c1ccoc1)NCc1ccc(COCC(F)(F)F)cc1. The van der Waals surface area contributed by atoms with Crippen LogP contribution >= 0.6 is 0 Å². The summed E-state index contributed by atoms with van der Waals surface area (Å²) < 4.78 is 45.3. The van der Waals surface area contributed by atoms with Crippen molar-refractivity contribution in [2.45, 2.75) is 19.3 Å². The van der Waals surface area contributed by atoms with E-state index in [1.807, 2.05) is 0 Å². The second kappa shape index (κ2) is 9.04. The molecule has 0 unspecified atom stereocenters. The van der Waals surface area contributed by atoms with E-state index in [9.17, 15) is 22.8 Å². The van der Waals surface area contributed by atoms with Crippen molar-refractivity contribution in [3.8, 4) is 0 Å². The first-order valence-electron chi connectivity index (χ1n) is 7.63. The molecule has 0 aliphatic heterocycles. The highest BCUT2D eigenvalue weighted by Gasteiger charge is 2.27. The van der Waals surface area contributed by atoms with Crippen LogP contribution in [-0.2, 0) is 22.7 Å². The minimum Gasteiger partial charge on any atom is -0.472 e. The van der Waals surface area contributed by atoms with E-state index in [1.165, 1.54) is 18.6 Å². The van der Waals surface area contributed by atoms with Gasteiger partial charge in [0.15, 0.2) is 0 Å². The third-order valence-electron chi connectivity index (χ3n) is 3.24. The van der Waals surface area contributed by atoms with E-state index in [0.29, 0.717) is 11.1 Å². The molecule has 2 N–H and O–H groups in total. The van der Waals surface area contributed by atoms with Crippen molar-refractivity contribution >= 4 is 11.8 Å². The van der Waals surface area contributed by atoms with Crippen molar-refractivity contribution in [2.75, 3.05) is 13.2 Å². The van der Waals surface area contributed by atoms with Gasteiger partial charge in [0.05, 0.1) is 25.0 Å². The Hall–Kier alpha value is -2.81. The minimum atomic E-state index is -4.35. The highest BCUT2D eigenvalue weighted by atomic mass is 19.4. The van der Waals surface area contributed by atoms with E-state index < -0.39 is 18.7 Å². The maximum absolute atomic E-state index is 12.0. The van der Waals surface area contributed by atoms with Gasteiger partial charge in [-0.2, -0.15) is 13.2 Å². The first-order chi connectivity index (χ1) is 12.3. The van der Waals surface area contributed by atoms with Crippen molar-refractivity contribution in [3.63, 3.8) is 0 Å². The predicted molar refractivity (Wildman–Crippen MR) is 85.0 cm³/mol. The van der Waals surface area contributed by atoms with E-state index in [-0.39, 0.29) is 25.6 Å². The summed E-state index contributed by atoms with van der Waals surface area (Å²) in [5, 5.41) is 5.07. The summed E-state index contributed by atoms with van der Waals surface area (Å²) in [6.45, 7) is -1.40. The first-order valence-corrected chi connectivity index (χ1v) is 7.63.